The Bertz CT molecular complexity index is 1540. The van der Waals surface area contributed by atoms with Crippen LogP contribution in [0.5, 0.6) is 0 Å². The molecule has 9 nitrogen and oxygen atoms in total. The molecule has 1 amide bonds. The first-order valence-corrected chi connectivity index (χ1v) is 12.2. The van der Waals surface area contributed by atoms with Crippen LogP contribution >= 0.6 is 0 Å². The summed E-state index contributed by atoms with van der Waals surface area (Å²) in [4.78, 5) is 57.1. The SMILES string of the molecule is O=C(O)C1CCC(CNC(=O)C(Cc2c[nH]c3ccccc23)n2c(=O)[nH]c3ccccc3c2=O)CC1. The molecule has 1 atom stereocenters. The van der Waals surface area contributed by atoms with Crippen LogP contribution in [-0.4, -0.2) is 38.1 Å². The van der Waals surface area contributed by atoms with Crippen molar-refractivity contribution in [1.82, 2.24) is 19.9 Å². The van der Waals surface area contributed by atoms with Gasteiger partial charge in [0.2, 0.25) is 5.91 Å². The molecule has 4 aromatic rings. The lowest BCUT2D eigenvalue weighted by molar-refractivity contribution is -0.143. The highest BCUT2D eigenvalue weighted by atomic mass is 16.4. The van der Waals surface area contributed by atoms with E-state index < -0.39 is 29.2 Å². The molecule has 9 heteroatoms. The van der Waals surface area contributed by atoms with E-state index >= 15 is 0 Å². The molecule has 5 rings (SSSR count). The third-order valence-corrected chi connectivity index (χ3v) is 7.30. The van der Waals surface area contributed by atoms with Crippen LogP contribution in [0.2, 0.25) is 0 Å². The van der Waals surface area contributed by atoms with Crippen LogP contribution in [0.1, 0.15) is 37.3 Å². The highest BCUT2D eigenvalue weighted by Crippen LogP contribution is 2.29. The summed E-state index contributed by atoms with van der Waals surface area (Å²) in [6.07, 6.45) is 4.54. The van der Waals surface area contributed by atoms with Crippen molar-refractivity contribution in [3.8, 4) is 0 Å². The molecule has 0 aliphatic heterocycles. The summed E-state index contributed by atoms with van der Waals surface area (Å²) >= 11 is 0. The average Bonchev–Trinajstić information content (AvgIpc) is 3.29. The van der Waals surface area contributed by atoms with E-state index in [1.165, 1.54) is 0 Å². The number of amides is 1. The summed E-state index contributed by atoms with van der Waals surface area (Å²) < 4.78 is 1.01. The topological polar surface area (TPSA) is 137 Å². The lowest BCUT2D eigenvalue weighted by Gasteiger charge is -2.27. The first-order valence-electron chi connectivity index (χ1n) is 12.2. The normalized spacial score (nSPS) is 18.8. The van der Waals surface area contributed by atoms with Gasteiger partial charge in [-0.05, 0) is 55.4 Å². The minimum Gasteiger partial charge on any atom is -0.481 e. The van der Waals surface area contributed by atoms with E-state index in [0.29, 0.717) is 43.1 Å². The van der Waals surface area contributed by atoms with Gasteiger partial charge in [-0.2, -0.15) is 0 Å². The maximum absolute atomic E-state index is 13.5. The number of hydrogen-bond donors (Lipinski definition) is 4. The van der Waals surface area contributed by atoms with Crippen LogP contribution in [0, 0.1) is 11.8 Å². The minimum atomic E-state index is -1.06. The molecule has 186 valence electrons. The molecule has 0 bridgehead atoms. The zero-order chi connectivity index (χ0) is 25.2. The molecule has 2 aromatic heterocycles. The van der Waals surface area contributed by atoms with Gasteiger partial charge in [-0.15, -0.1) is 0 Å². The van der Waals surface area contributed by atoms with Gasteiger partial charge < -0.3 is 20.4 Å². The van der Waals surface area contributed by atoms with Crippen molar-refractivity contribution < 1.29 is 14.7 Å². The maximum atomic E-state index is 13.5. The fourth-order valence-electron chi connectivity index (χ4n) is 5.25. The van der Waals surface area contributed by atoms with Crippen molar-refractivity contribution in [2.24, 2.45) is 11.8 Å². The molecular formula is C27H28N4O5. The number of aliphatic carboxylic acids is 1. The number of H-pyrrole nitrogens is 2. The van der Waals surface area contributed by atoms with E-state index in [4.69, 9.17) is 0 Å². The number of carboxylic acids is 1. The van der Waals surface area contributed by atoms with Crippen LogP contribution in [-0.2, 0) is 16.0 Å². The van der Waals surface area contributed by atoms with Crippen LogP contribution in [0.4, 0.5) is 0 Å². The molecule has 0 saturated heterocycles. The van der Waals surface area contributed by atoms with Crippen LogP contribution in [0.25, 0.3) is 21.8 Å². The van der Waals surface area contributed by atoms with Gasteiger partial charge in [-0.3, -0.25) is 14.4 Å². The largest absolute Gasteiger partial charge is 0.481 e. The molecule has 1 fully saturated rings. The van der Waals surface area contributed by atoms with Crippen LogP contribution < -0.4 is 16.6 Å². The van der Waals surface area contributed by atoms with E-state index in [-0.39, 0.29) is 18.3 Å². The second-order valence-electron chi connectivity index (χ2n) is 9.53. The minimum absolute atomic E-state index is 0.156. The van der Waals surface area contributed by atoms with Gasteiger partial charge in [0.25, 0.3) is 5.56 Å². The predicted octanol–water partition coefficient (Wildman–Crippen LogP) is 2.96. The Labute approximate surface area is 206 Å². The molecule has 4 N–H and O–H groups in total. The van der Waals surface area contributed by atoms with Crippen molar-refractivity contribution >= 4 is 33.7 Å². The Morgan fingerprint density at radius 3 is 2.36 bits per heavy atom. The van der Waals surface area contributed by atoms with Crippen LogP contribution in [0.3, 0.4) is 0 Å². The van der Waals surface area contributed by atoms with Crippen molar-refractivity contribution in [1.29, 1.82) is 0 Å². The number of nitrogens with one attached hydrogen (secondary N) is 3. The molecule has 36 heavy (non-hydrogen) atoms. The van der Waals surface area contributed by atoms with Crippen molar-refractivity contribution in [2.45, 2.75) is 38.1 Å². The number of nitrogens with zero attached hydrogens (tertiary/aromatic N) is 1. The number of para-hydroxylation sites is 2. The lowest BCUT2D eigenvalue weighted by atomic mass is 9.82. The Balaban J connectivity index is 1.46. The van der Waals surface area contributed by atoms with Gasteiger partial charge in [0, 0.05) is 30.1 Å². The monoisotopic (exact) mass is 488 g/mol. The number of carbonyl (C=O) groups is 2. The zero-order valence-corrected chi connectivity index (χ0v) is 19.7. The second kappa shape index (κ2) is 9.85. The van der Waals surface area contributed by atoms with Crippen molar-refractivity contribution in [2.75, 3.05) is 6.54 Å². The van der Waals surface area contributed by atoms with Gasteiger partial charge in [-0.25, -0.2) is 9.36 Å². The number of fused-ring (bicyclic) bond motifs is 2. The fraction of sp³-hybridized carbons (Fsp3) is 0.333. The standard InChI is InChI=1S/C27H28N4O5/c32-24(29-14-16-9-11-17(12-10-16)26(34)35)23(13-18-15-28-21-7-3-1-5-19(18)21)31-25(33)20-6-2-4-8-22(20)30-27(31)36/h1-8,15-17,23,28H,9-14H2,(H,29,32)(H,30,36)(H,34,35). The summed E-state index contributed by atoms with van der Waals surface area (Å²) in [5.41, 5.74) is 0.996. The highest BCUT2D eigenvalue weighted by molar-refractivity contribution is 5.86. The smallest absolute Gasteiger partial charge is 0.329 e. The zero-order valence-electron chi connectivity index (χ0n) is 19.7. The second-order valence-corrected chi connectivity index (χ2v) is 9.53. The predicted molar refractivity (Wildman–Crippen MR) is 136 cm³/mol. The number of rotatable bonds is 7. The number of aromatic nitrogens is 3. The summed E-state index contributed by atoms with van der Waals surface area (Å²) in [5.74, 6) is -1.36. The van der Waals surface area contributed by atoms with Gasteiger partial charge in [0.05, 0.1) is 16.8 Å². The Kier molecular flexibility index (Phi) is 6.45. The van der Waals surface area contributed by atoms with Crippen LogP contribution in [0.15, 0.2) is 64.3 Å². The first kappa shape index (κ1) is 23.6. The Morgan fingerprint density at radius 1 is 0.972 bits per heavy atom. The van der Waals surface area contributed by atoms with Gasteiger partial charge in [0.15, 0.2) is 0 Å². The fourth-order valence-corrected chi connectivity index (χ4v) is 5.25. The summed E-state index contributed by atoms with van der Waals surface area (Å²) in [7, 11) is 0. The number of aromatic amines is 2. The van der Waals surface area contributed by atoms with Gasteiger partial charge in [-0.1, -0.05) is 30.3 Å². The van der Waals surface area contributed by atoms with Gasteiger partial charge in [0.1, 0.15) is 6.04 Å². The molecule has 0 spiro atoms. The summed E-state index contributed by atoms with van der Waals surface area (Å²) in [5, 5.41) is 13.4. The molecule has 1 aliphatic rings. The molecule has 2 heterocycles. The maximum Gasteiger partial charge on any atom is 0.329 e. The molecule has 0 radical (unpaired) electrons. The third kappa shape index (κ3) is 4.56. The molecule has 1 unspecified atom stereocenters. The highest BCUT2D eigenvalue weighted by Gasteiger charge is 2.29. The molecule has 1 aliphatic carbocycles. The Morgan fingerprint density at radius 2 is 1.64 bits per heavy atom. The summed E-state index contributed by atoms with van der Waals surface area (Å²) in [6.45, 7) is 0.371. The van der Waals surface area contributed by atoms with E-state index in [1.807, 2.05) is 24.3 Å². The third-order valence-electron chi connectivity index (χ3n) is 7.30. The van der Waals surface area contributed by atoms with Crippen molar-refractivity contribution in [3.63, 3.8) is 0 Å². The number of carbonyl (C=O) groups excluding carboxylic acids is 1. The number of hydrogen-bond acceptors (Lipinski definition) is 4. The number of carboxylic acid groups (broad SMARTS) is 1. The van der Waals surface area contributed by atoms with Crippen molar-refractivity contribution in [3.05, 3.63) is 81.1 Å². The molecular weight excluding hydrogens is 460 g/mol. The Hall–Kier alpha value is -4.14. The summed E-state index contributed by atoms with van der Waals surface area (Å²) in [6, 6.07) is 13.4. The average molecular weight is 489 g/mol. The van der Waals surface area contributed by atoms with E-state index in [0.717, 1.165) is 21.0 Å². The van der Waals surface area contributed by atoms with E-state index in [1.54, 1.807) is 30.5 Å². The van der Waals surface area contributed by atoms with E-state index in [2.05, 4.69) is 15.3 Å². The van der Waals surface area contributed by atoms with Gasteiger partial charge >= 0.3 is 11.7 Å². The lowest BCUT2D eigenvalue weighted by Crippen LogP contribution is -2.46. The first-order chi connectivity index (χ1) is 17.4. The quantitative estimate of drug-likeness (QED) is 0.317. The molecule has 2 aromatic carbocycles. The van der Waals surface area contributed by atoms with E-state index in [9.17, 15) is 24.3 Å². The molecule has 1 saturated carbocycles. The number of benzene rings is 2.